The van der Waals surface area contributed by atoms with Gasteiger partial charge in [-0.2, -0.15) is 0 Å². The molecule has 0 aromatic heterocycles. The van der Waals surface area contributed by atoms with Crippen LogP contribution in [0.15, 0.2) is 48.5 Å². The third-order valence-electron chi connectivity index (χ3n) is 5.27. The Kier molecular flexibility index (Phi) is 10.3. The molecule has 2 aromatic carbocycles. The van der Waals surface area contributed by atoms with Crippen LogP contribution in [0.5, 0.6) is 11.5 Å². The highest BCUT2D eigenvalue weighted by Crippen LogP contribution is 2.25. The fourth-order valence-electron chi connectivity index (χ4n) is 3.57. The lowest BCUT2D eigenvalue weighted by Gasteiger charge is -2.26. The summed E-state index contributed by atoms with van der Waals surface area (Å²) in [6.45, 7) is 4.18. The van der Waals surface area contributed by atoms with E-state index in [1.54, 1.807) is 14.2 Å². The van der Waals surface area contributed by atoms with Gasteiger partial charge in [0.15, 0.2) is 0 Å². The van der Waals surface area contributed by atoms with E-state index in [-0.39, 0.29) is 0 Å². The SMILES string of the molecule is CCCCCCCCCCN(Cc1ccccc1OC)c1ccc(OC)cc1. The summed E-state index contributed by atoms with van der Waals surface area (Å²) in [5.41, 5.74) is 2.45. The molecule has 0 atom stereocenters. The third kappa shape index (κ3) is 7.46. The molecular weight excluding hydrogens is 346 g/mol. The predicted octanol–water partition coefficient (Wildman–Crippen LogP) is 6.85. The van der Waals surface area contributed by atoms with Gasteiger partial charge < -0.3 is 14.4 Å². The first-order valence-electron chi connectivity index (χ1n) is 10.8. The molecule has 0 bridgehead atoms. The van der Waals surface area contributed by atoms with Gasteiger partial charge in [0.1, 0.15) is 11.5 Å². The van der Waals surface area contributed by atoms with Gasteiger partial charge in [0.25, 0.3) is 0 Å². The predicted molar refractivity (Wildman–Crippen MR) is 120 cm³/mol. The maximum absolute atomic E-state index is 5.56. The van der Waals surface area contributed by atoms with Gasteiger partial charge in [-0.15, -0.1) is 0 Å². The Morgan fingerprint density at radius 2 is 1.36 bits per heavy atom. The quantitative estimate of drug-likeness (QED) is 0.333. The molecule has 0 N–H and O–H groups in total. The van der Waals surface area contributed by atoms with E-state index in [1.807, 2.05) is 24.3 Å². The summed E-state index contributed by atoms with van der Waals surface area (Å²) < 4.78 is 10.9. The lowest BCUT2D eigenvalue weighted by molar-refractivity contribution is 0.409. The zero-order chi connectivity index (χ0) is 20.0. The molecule has 0 saturated heterocycles. The number of para-hydroxylation sites is 1. The first-order chi connectivity index (χ1) is 13.8. The fourth-order valence-corrected chi connectivity index (χ4v) is 3.57. The van der Waals surface area contributed by atoms with Crippen molar-refractivity contribution in [3.05, 3.63) is 54.1 Å². The highest BCUT2D eigenvalue weighted by molar-refractivity contribution is 5.50. The normalized spacial score (nSPS) is 10.7. The van der Waals surface area contributed by atoms with Crippen molar-refractivity contribution in [3.63, 3.8) is 0 Å². The molecule has 3 heteroatoms. The average molecular weight is 384 g/mol. The molecule has 2 rings (SSSR count). The number of hydrogen-bond donors (Lipinski definition) is 0. The monoisotopic (exact) mass is 383 g/mol. The summed E-state index contributed by atoms with van der Waals surface area (Å²) in [5.74, 6) is 1.85. The maximum atomic E-state index is 5.56. The number of rotatable bonds is 14. The molecule has 0 fully saturated rings. The Morgan fingerprint density at radius 1 is 0.714 bits per heavy atom. The molecule has 0 amide bonds. The van der Waals surface area contributed by atoms with Crippen LogP contribution in [0, 0.1) is 0 Å². The van der Waals surface area contributed by atoms with E-state index < -0.39 is 0 Å². The summed E-state index contributed by atoms with van der Waals surface area (Å²) in [6.07, 6.45) is 10.7. The van der Waals surface area contributed by atoms with E-state index in [9.17, 15) is 0 Å². The van der Waals surface area contributed by atoms with Crippen molar-refractivity contribution in [2.45, 2.75) is 64.8 Å². The number of methoxy groups -OCH3 is 2. The van der Waals surface area contributed by atoms with Crippen LogP contribution in [0.1, 0.15) is 63.9 Å². The minimum atomic E-state index is 0.854. The fraction of sp³-hybridized carbons (Fsp3) is 0.520. The van der Waals surface area contributed by atoms with Crippen molar-refractivity contribution in [3.8, 4) is 11.5 Å². The number of hydrogen-bond acceptors (Lipinski definition) is 3. The minimum Gasteiger partial charge on any atom is -0.497 e. The van der Waals surface area contributed by atoms with Gasteiger partial charge >= 0.3 is 0 Å². The second kappa shape index (κ2) is 13.1. The first-order valence-corrected chi connectivity index (χ1v) is 10.8. The van der Waals surface area contributed by atoms with E-state index in [4.69, 9.17) is 9.47 Å². The van der Waals surface area contributed by atoms with Gasteiger partial charge in [0.2, 0.25) is 0 Å². The molecule has 0 heterocycles. The van der Waals surface area contributed by atoms with E-state index >= 15 is 0 Å². The highest BCUT2D eigenvalue weighted by atomic mass is 16.5. The zero-order valence-electron chi connectivity index (χ0n) is 18.0. The number of nitrogens with zero attached hydrogens (tertiary/aromatic N) is 1. The van der Waals surface area contributed by atoms with Crippen LogP contribution in [0.4, 0.5) is 5.69 Å². The second-order valence-electron chi connectivity index (χ2n) is 7.41. The second-order valence-corrected chi connectivity index (χ2v) is 7.41. The van der Waals surface area contributed by atoms with Crippen molar-refractivity contribution in [2.24, 2.45) is 0 Å². The van der Waals surface area contributed by atoms with E-state index in [1.165, 1.54) is 62.6 Å². The summed E-state index contributed by atoms with van der Waals surface area (Å²) in [6, 6.07) is 16.7. The van der Waals surface area contributed by atoms with Crippen molar-refractivity contribution < 1.29 is 9.47 Å². The topological polar surface area (TPSA) is 21.7 Å². The zero-order valence-corrected chi connectivity index (χ0v) is 18.0. The van der Waals surface area contributed by atoms with Crippen molar-refractivity contribution in [1.82, 2.24) is 0 Å². The van der Waals surface area contributed by atoms with E-state index in [0.717, 1.165) is 24.6 Å². The minimum absolute atomic E-state index is 0.854. The number of anilines is 1. The molecule has 0 saturated carbocycles. The number of unbranched alkanes of at least 4 members (excludes halogenated alkanes) is 7. The van der Waals surface area contributed by atoms with Gasteiger partial charge in [-0.05, 0) is 36.8 Å². The molecular formula is C25H37NO2. The maximum Gasteiger partial charge on any atom is 0.123 e. The van der Waals surface area contributed by atoms with Crippen LogP contribution in [0.2, 0.25) is 0 Å². The van der Waals surface area contributed by atoms with Crippen LogP contribution in [0.25, 0.3) is 0 Å². The molecule has 0 aliphatic rings. The largest absolute Gasteiger partial charge is 0.497 e. The van der Waals surface area contributed by atoms with Crippen LogP contribution < -0.4 is 14.4 Å². The standard InChI is InChI=1S/C25H37NO2/c1-4-5-6-7-8-9-10-13-20-26(23-16-18-24(27-2)19-17-23)21-22-14-11-12-15-25(22)28-3/h11-12,14-19H,4-10,13,20-21H2,1-3H3. The average Bonchev–Trinajstić information content (AvgIpc) is 2.75. The Hall–Kier alpha value is -2.16. The van der Waals surface area contributed by atoms with Gasteiger partial charge in [0.05, 0.1) is 14.2 Å². The molecule has 154 valence electrons. The molecule has 28 heavy (non-hydrogen) atoms. The lowest BCUT2D eigenvalue weighted by atomic mass is 10.1. The number of ether oxygens (including phenoxy) is 2. The Morgan fingerprint density at radius 3 is 2.00 bits per heavy atom. The summed E-state index contributed by atoms with van der Waals surface area (Å²) in [5, 5.41) is 0. The molecule has 0 aliphatic heterocycles. The molecule has 0 spiro atoms. The van der Waals surface area contributed by atoms with Crippen molar-refractivity contribution in [1.29, 1.82) is 0 Å². The van der Waals surface area contributed by atoms with Gasteiger partial charge in [-0.3, -0.25) is 0 Å². The lowest BCUT2D eigenvalue weighted by Crippen LogP contribution is -2.24. The summed E-state index contributed by atoms with van der Waals surface area (Å²) >= 11 is 0. The van der Waals surface area contributed by atoms with E-state index in [2.05, 4.69) is 36.1 Å². The smallest absolute Gasteiger partial charge is 0.123 e. The van der Waals surface area contributed by atoms with Gasteiger partial charge in [-0.25, -0.2) is 0 Å². The molecule has 0 aliphatic carbocycles. The first kappa shape index (κ1) is 22.1. The van der Waals surface area contributed by atoms with Crippen molar-refractivity contribution in [2.75, 3.05) is 25.7 Å². The Balaban J connectivity index is 1.94. The molecule has 0 radical (unpaired) electrons. The van der Waals surface area contributed by atoms with Gasteiger partial charge in [-0.1, -0.05) is 70.1 Å². The van der Waals surface area contributed by atoms with Crippen LogP contribution in [-0.2, 0) is 6.54 Å². The Bertz CT molecular complexity index is 654. The van der Waals surface area contributed by atoms with E-state index in [0.29, 0.717) is 0 Å². The summed E-state index contributed by atoms with van der Waals surface area (Å²) in [7, 11) is 3.46. The van der Waals surface area contributed by atoms with Crippen LogP contribution in [0.3, 0.4) is 0 Å². The molecule has 0 unspecified atom stereocenters. The highest BCUT2D eigenvalue weighted by Gasteiger charge is 2.11. The number of benzene rings is 2. The van der Waals surface area contributed by atoms with Gasteiger partial charge in [0, 0.05) is 24.3 Å². The molecule has 2 aromatic rings. The van der Waals surface area contributed by atoms with Crippen LogP contribution in [-0.4, -0.2) is 20.8 Å². The van der Waals surface area contributed by atoms with Crippen molar-refractivity contribution >= 4 is 5.69 Å². The summed E-state index contributed by atoms with van der Waals surface area (Å²) in [4.78, 5) is 2.45. The molecule has 3 nitrogen and oxygen atoms in total. The third-order valence-corrected chi connectivity index (χ3v) is 5.27. The van der Waals surface area contributed by atoms with Crippen LogP contribution >= 0.6 is 0 Å². The Labute approximate surface area is 171 Å².